The number of hydrogen-bond acceptors (Lipinski definition) is 3. The quantitative estimate of drug-likeness (QED) is 0.530. The predicted molar refractivity (Wildman–Crippen MR) is 108 cm³/mol. The summed E-state index contributed by atoms with van der Waals surface area (Å²) in [4.78, 5) is 16.4. The second-order valence-electron chi connectivity index (χ2n) is 6.29. The third-order valence-electron chi connectivity index (χ3n) is 4.16. The van der Waals surface area contributed by atoms with Gasteiger partial charge in [0.15, 0.2) is 0 Å². The molecule has 0 radical (unpaired) electrons. The first-order valence-corrected chi connectivity index (χ1v) is 9.64. The lowest BCUT2D eigenvalue weighted by atomic mass is 10.2. The van der Waals surface area contributed by atoms with Crippen LogP contribution >= 0.6 is 11.3 Å². The van der Waals surface area contributed by atoms with Crippen LogP contribution in [-0.4, -0.2) is 23.4 Å². The number of rotatable bonds is 6. The van der Waals surface area contributed by atoms with E-state index in [4.69, 9.17) is 4.74 Å². The average Bonchev–Trinajstić information content (AvgIpc) is 3.13. The molecule has 0 aliphatic heterocycles. The second kappa shape index (κ2) is 8.19. The summed E-state index contributed by atoms with van der Waals surface area (Å²) in [5.41, 5.74) is 1.09. The van der Waals surface area contributed by atoms with Gasteiger partial charge < -0.3 is 9.64 Å². The number of benzene rings is 2. The van der Waals surface area contributed by atoms with Gasteiger partial charge in [-0.05, 0) is 74.9 Å². The first-order valence-electron chi connectivity index (χ1n) is 8.82. The molecule has 0 saturated carbocycles. The van der Waals surface area contributed by atoms with Crippen LogP contribution in [0.15, 0.2) is 66.7 Å². The Labute approximate surface area is 158 Å². The molecule has 0 fully saturated rings. The fraction of sp³-hybridized carbons (Fsp3) is 0.227. The van der Waals surface area contributed by atoms with E-state index in [1.807, 2.05) is 92.4 Å². The molecule has 26 heavy (non-hydrogen) atoms. The van der Waals surface area contributed by atoms with Gasteiger partial charge in [-0.2, -0.15) is 0 Å². The van der Waals surface area contributed by atoms with E-state index in [1.54, 1.807) is 0 Å². The largest absolute Gasteiger partial charge is 0.457 e. The zero-order valence-electron chi connectivity index (χ0n) is 15.3. The molecule has 134 valence electrons. The summed E-state index contributed by atoms with van der Waals surface area (Å²) < 4.78 is 5.83. The average molecular weight is 365 g/mol. The van der Waals surface area contributed by atoms with Crippen molar-refractivity contribution < 1.29 is 9.53 Å². The summed E-state index contributed by atoms with van der Waals surface area (Å²) in [7, 11) is 0. The number of hydrogen-bond donors (Lipinski definition) is 0. The Morgan fingerprint density at radius 1 is 0.962 bits per heavy atom. The standard InChI is InChI=1S/C22H23NO2S/c1-4-23(16(2)3)22(24)21-15-14-20(26-21)17-10-12-19(13-11-17)25-18-8-6-5-7-9-18/h5-16H,4H2,1-3H3. The van der Waals surface area contributed by atoms with Gasteiger partial charge in [0.2, 0.25) is 0 Å². The molecule has 0 saturated heterocycles. The van der Waals surface area contributed by atoms with Gasteiger partial charge in [0.05, 0.1) is 4.88 Å². The van der Waals surface area contributed by atoms with Gasteiger partial charge in [0.1, 0.15) is 11.5 Å². The van der Waals surface area contributed by atoms with E-state index >= 15 is 0 Å². The molecule has 3 aromatic rings. The summed E-state index contributed by atoms with van der Waals surface area (Å²) in [6, 6.07) is 21.8. The maximum atomic E-state index is 12.6. The summed E-state index contributed by atoms with van der Waals surface area (Å²) in [6.07, 6.45) is 0. The first-order chi connectivity index (χ1) is 12.6. The van der Waals surface area contributed by atoms with Gasteiger partial charge in [-0.3, -0.25) is 4.79 Å². The SMILES string of the molecule is CCN(C(=O)c1ccc(-c2ccc(Oc3ccccc3)cc2)s1)C(C)C. The Balaban J connectivity index is 1.74. The van der Waals surface area contributed by atoms with Crippen molar-refractivity contribution in [1.82, 2.24) is 4.90 Å². The minimum atomic E-state index is 0.0998. The maximum Gasteiger partial charge on any atom is 0.264 e. The highest BCUT2D eigenvalue weighted by atomic mass is 32.1. The lowest BCUT2D eigenvalue weighted by Gasteiger charge is -2.24. The zero-order chi connectivity index (χ0) is 18.5. The van der Waals surface area contributed by atoms with Gasteiger partial charge in [-0.25, -0.2) is 0 Å². The van der Waals surface area contributed by atoms with Crippen LogP contribution in [0.2, 0.25) is 0 Å². The third kappa shape index (κ3) is 4.14. The lowest BCUT2D eigenvalue weighted by molar-refractivity contribution is 0.0722. The highest BCUT2D eigenvalue weighted by molar-refractivity contribution is 7.17. The molecule has 0 spiro atoms. The summed E-state index contributed by atoms with van der Waals surface area (Å²) >= 11 is 1.53. The number of para-hydroxylation sites is 1. The molecule has 3 nitrogen and oxygen atoms in total. The van der Waals surface area contributed by atoms with Crippen LogP contribution < -0.4 is 4.74 Å². The van der Waals surface area contributed by atoms with Crippen LogP contribution in [0, 0.1) is 0 Å². The van der Waals surface area contributed by atoms with Gasteiger partial charge in [0.25, 0.3) is 5.91 Å². The number of thiophene rings is 1. The molecular formula is C22H23NO2S. The molecule has 0 atom stereocenters. The summed E-state index contributed by atoms with van der Waals surface area (Å²) in [5.74, 6) is 1.71. The van der Waals surface area contributed by atoms with Gasteiger partial charge >= 0.3 is 0 Å². The van der Waals surface area contributed by atoms with Crippen molar-refractivity contribution in [1.29, 1.82) is 0 Å². The van der Waals surface area contributed by atoms with Gasteiger partial charge in [-0.15, -0.1) is 11.3 Å². The Morgan fingerprint density at radius 3 is 2.23 bits per heavy atom. The van der Waals surface area contributed by atoms with Crippen molar-refractivity contribution in [2.45, 2.75) is 26.8 Å². The smallest absolute Gasteiger partial charge is 0.264 e. The van der Waals surface area contributed by atoms with E-state index in [9.17, 15) is 4.79 Å². The number of carbonyl (C=O) groups is 1. The number of carbonyl (C=O) groups excluding carboxylic acids is 1. The Kier molecular flexibility index (Phi) is 5.74. The minimum Gasteiger partial charge on any atom is -0.457 e. The molecule has 1 heterocycles. The fourth-order valence-corrected chi connectivity index (χ4v) is 3.77. The van der Waals surface area contributed by atoms with Crippen LogP contribution in [0.3, 0.4) is 0 Å². The predicted octanol–water partition coefficient (Wildman–Crippen LogP) is 6.08. The van der Waals surface area contributed by atoms with Crippen molar-refractivity contribution >= 4 is 17.2 Å². The van der Waals surface area contributed by atoms with Crippen molar-refractivity contribution in [2.24, 2.45) is 0 Å². The third-order valence-corrected chi connectivity index (χ3v) is 5.28. The molecular weight excluding hydrogens is 342 g/mol. The molecule has 0 bridgehead atoms. The van der Waals surface area contributed by atoms with E-state index in [-0.39, 0.29) is 11.9 Å². The van der Waals surface area contributed by atoms with E-state index in [0.717, 1.165) is 33.4 Å². The number of ether oxygens (including phenoxy) is 1. The van der Waals surface area contributed by atoms with Crippen molar-refractivity contribution in [3.05, 3.63) is 71.6 Å². The molecule has 4 heteroatoms. The normalized spacial score (nSPS) is 10.8. The van der Waals surface area contributed by atoms with Crippen LogP contribution in [0.5, 0.6) is 11.5 Å². The molecule has 0 aliphatic carbocycles. The van der Waals surface area contributed by atoms with Crippen molar-refractivity contribution in [3.63, 3.8) is 0 Å². The van der Waals surface area contributed by atoms with Crippen molar-refractivity contribution in [3.8, 4) is 21.9 Å². The maximum absolute atomic E-state index is 12.6. The lowest BCUT2D eigenvalue weighted by Crippen LogP contribution is -2.36. The van der Waals surface area contributed by atoms with E-state index in [2.05, 4.69) is 0 Å². The molecule has 3 rings (SSSR count). The molecule has 0 aliphatic rings. The second-order valence-corrected chi connectivity index (χ2v) is 7.37. The Morgan fingerprint density at radius 2 is 1.62 bits per heavy atom. The molecule has 1 amide bonds. The summed E-state index contributed by atoms with van der Waals surface area (Å²) in [6.45, 7) is 6.82. The molecule has 1 aromatic heterocycles. The molecule has 2 aromatic carbocycles. The van der Waals surface area contributed by atoms with E-state index in [0.29, 0.717) is 0 Å². The van der Waals surface area contributed by atoms with Gasteiger partial charge in [0, 0.05) is 17.5 Å². The van der Waals surface area contributed by atoms with Crippen LogP contribution in [0.25, 0.3) is 10.4 Å². The van der Waals surface area contributed by atoms with Crippen molar-refractivity contribution in [2.75, 3.05) is 6.54 Å². The fourth-order valence-electron chi connectivity index (χ4n) is 2.80. The highest BCUT2D eigenvalue weighted by Crippen LogP contribution is 2.31. The summed E-state index contributed by atoms with van der Waals surface area (Å²) in [5, 5.41) is 0. The minimum absolute atomic E-state index is 0.0998. The monoisotopic (exact) mass is 365 g/mol. The number of amides is 1. The number of nitrogens with zero attached hydrogens (tertiary/aromatic N) is 1. The molecule has 0 N–H and O–H groups in total. The first kappa shape index (κ1) is 18.2. The van der Waals surface area contributed by atoms with Gasteiger partial charge in [-0.1, -0.05) is 18.2 Å². The van der Waals surface area contributed by atoms with E-state index < -0.39 is 0 Å². The Bertz CT molecular complexity index is 853. The van der Waals surface area contributed by atoms with E-state index in [1.165, 1.54) is 11.3 Å². The van der Waals surface area contributed by atoms with Crippen LogP contribution in [0.4, 0.5) is 0 Å². The van der Waals surface area contributed by atoms with Crippen LogP contribution in [-0.2, 0) is 0 Å². The van der Waals surface area contributed by atoms with Crippen LogP contribution in [0.1, 0.15) is 30.4 Å². The Hall–Kier alpha value is -2.59. The highest BCUT2D eigenvalue weighted by Gasteiger charge is 2.19. The molecule has 0 unspecified atom stereocenters. The zero-order valence-corrected chi connectivity index (χ0v) is 16.1. The topological polar surface area (TPSA) is 29.5 Å².